The van der Waals surface area contributed by atoms with Gasteiger partial charge in [-0.2, -0.15) is 11.8 Å². The summed E-state index contributed by atoms with van der Waals surface area (Å²) in [6, 6.07) is 8.38. The smallest absolute Gasteiger partial charge is 0.0588 e. The van der Waals surface area contributed by atoms with Crippen molar-refractivity contribution >= 4 is 11.8 Å². The Morgan fingerprint density at radius 1 is 1.29 bits per heavy atom. The number of aryl methyl sites for hydroxylation is 1. The maximum absolute atomic E-state index is 9.69. The molecule has 1 unspecified atom stereocenters. The Morgan fingerprint density at radius 3 is 2.50 bits per heavy atom. The fourth-order valence-electron chi connectivity index (χ4n) is 1.35. The average molecular weight is 210 g/mol. The first-order valence-corrected chi connectivity index (χ1v) is 6.34. The van der Waals surface area contributed by atoms with E-state index in [0.29, 0.717) is 0 Å². The number of benzene rings is 1. The molecule has 1 aromatic rings. The zero-order chi connectivity index (χ0) is 10.4. The number of aliphatic hydroxyl groups excluding tert-OH is 1. The Bertz CT molecular complexity index is 256. The molecule has 0 aliphatic carbocycles. The van der Waals surface area contributed by atoms with E-state index < -0.39 is 0 Å². The summed E-state index contributed by atoms with van der Waals surface area (Å²) in [6.45, 7) is 2.08. The van der Waals surface area contributed by atoms with Crippen LogP contribution in [0.4, 0.5) is 0 Å². The molecule has 0 amide bonds. The summed E-state index contributed by atoms with van der Waals surface area (Å²) in [5.41, 5.74) is 2.50. The van der Waals surface area contributed by atoms with Gasteiger partial charge in [-0.05, 0) is 37.3 Å². The van der Waals surface area contributed by atoms with Gasteiger partial charge in [-0.15, -0.1) is 0 Å². The fraction of sp³-hybridized carbons (Fsp3) is 0.500. The standard InChI is InChI=1S/C12H18OS/c1-10-3-5-11(6-4-10)9-12(13)7-8-14-2/h3-6,12-13H,7-9H2,1-2H3. The lowest BCUT2D eigenvalue weighted by atomic mass is 10.1. The third kappa shape index (κ3) is 4.16. The van der Waals surface area contributed by atoms with Crippen LogP contribution < -0.4 is 0 Å². The van der Waals surface area contributed by atoms with Gasteiger partial charge in [0, 0.05) is 0 Å². The minimum atomic E-state index is -0.190. The monoisotopic (exact) mass is 210 g/mol. The molecule has 78 valence electrons. The van der Waals surface area contributed by atoms with Crippen LogP contribution in [-0.2, 0) is 6.42 Å². The molecule has 0 aromatic heterocycles. The molecule has 0 aliphatic heterocycles. The van der Waals surface area contributed by atoms with E-state index in [4.69, 9.17) is 0 Å². The molecule has 1 rings (SSSR count). The van der Waals surface area contributed by atoms with Crippen LogP contribution in [-0.4, -0.2) is 23.2 Å². The highest BCUT2D eigenvalue weighted by molar-refractivity contribution is 7.98. The van der Waals surface area contributed by atoms with E-state index in [1.807, 2.05) is 0 Å². The first-order valence-electron chi connectivity index (χ1n) is 4.95. The fourth-order valence-corrected chi connectivity index (χ4v) is 1.86. The zero-order valence-corrected chi connectivity index (χ0v) is 9.68. The first kappa shape index (κ1) is 11.6. The average Bonchev–Trinajstić information content (AvgIpc) is 2.18. The lowest BCUT2D eigenvalue weighted by Gasteiger charge is -2.09. The van der Waals surface area contributed by atoms with Crippen molar-refractivity contribution in [1.82, 2.24) is 0 Å². The van der Waals surface area contributed by atoms with E-state index >= 15 is 0 Å². The summed E-state index contributed by atoms with van der Waals surface area (Å²) in [7, 11) is 0. The van der Waals surface area contributed by atoms with E-state index in [2.05, 4.69) is 37.4 Å². The number of rotatable bonds is 5. The second kappa shape index (κ2) is 6.10. The van der Waals surface area contributed by atoms with E-state index in [0.717, 1.165) is 18.6 Å². The van der Waals surface area contributed by atoms with Gasteiger partial charge in [0.25, 0.3) is 0 Å². The second-order valence-corrected chi connectivity index (χ2v) is 4.61. The van der Waals surface area contributed by atoms with Crippen molar-refractivity contribution in [2.24, 2.45) is 0 Å². The van der Waals surface area contributed by atoms with Crippen LogP contribution in [0.1, 0.15) is 17.5 Å². The summed E-state index contributed by atoms with van der Waals surface area (Å²) >= 11 is 1.78. The van der Waals surface area contributed by atoms with Crippen LogP contribution in [0.3, 0.4) is 0 Å². The van der Waals surface area contributed by atoms with Crippen molar-refractivity contribution < 1.29 is 5.11 Å². The molecule has 1 nitrogen and oxygen atoms in total. The van der Waals surface area contributed by atoms with Gasteiger partial charge >= 0.3 is 0 Å². The van der Waals surface area contributed by atoms with Crippen molar-refractivity contribution in [1.29, 1.82) is 0 Å². The molecular formula is C12H18OS. The summed E-state index contributed by atoms with van der Waals surface area (Å²) in [5, 5.41) is 9.69. The van der Waals surface area contributed by atoms with Crippen molar-refractivity contribution in [3.8, 4) is 0 Å². The highest BCUT2D eigenvalue weighted by atomic mass is 32.2. The van der Waals surface area contributed by atoms with Gasteiger partial charge in [0.2, 0.25) is 0 Å². The quantitative estimate of drug-likeness (QED) is 0.806. The van der Waals surface area contributed by atoms with Crippen molar-refractivity contribution in [3.05, 3.63) is 35.4 Å². The van der Waals surface area contributed by atoms with E-state index in [-0.39, 0.29) is 6.10 Å². The van der Waals surface area contributed by atoms with Crippen LogP contribution in [0.5, 0.6) is 0 Å². The van der Waals surface area contributed by atoms with Crippen LogP contribution >= 0.6 is 11.8 Å². The van der Waals surface area contributed by atoms with Crippen LogP contribution in [0.2, 0.25) is 0 Å². The molecule has 0 bridgehead atoms. The summed E-state index contributed by atoms with van der Waals surface area (Å²) in [5.74, 6) is 1.03. The molecule has 0 fully saturated rings. The molecule has 0 saturated heterocycles. The molecule has 1 atom stereocenters. The Balaban J connectivity index is 2.39. The summed E-state index contributed by atoms with van der Waals surface area (Å²) in [4.78, 5) is 0. The van der Waals surface area contributed by atoms with Crippen molar-refractivity contribution in [2.75, 3.05) is 12.0 Å². The first-order chi connectivity index (χ1) is 6.72. The predicted octanol–water partition coefficient (Wildman–Crippen LogP) is 2.65. The summed E-state index contributed by atoms with van der Waals surface area (Å²) in [6.07, 6.45) is 3.54. The molecule has 14 heavy (non-hydrogen) atoms. The van der Waals surface area contributed by atoms with Gasteiger partial charge < -0.3 is 5.11 Å². The Labute approximate surface area is 90.5 Å². The number of thioether (sulfide) groups is 1. The Morgan fingerprint density at radius 2 is 1.93 bits per heavy atom. The van der Waals surface area contributed by atoms with Crippen LogP contribution in [0.15, 0.2) is 24.3 Å². The van der Waals surface area contributed by atoms with E-state index in [9.17, 15) is 5.11 Å². The summed E-state index contributed by atoms with van der Waals surface area (Å²) < 4.78 is 0. The largest absolute Gasteiger partial charge is 0.393 e. The predicted molar refractivity (Wildman–Crippen MR) is 63.9 cm³/mol. The molecule has 0 aliphatic rings. The third-order valence-corrected chi connectivity index (χ3v) is 2.89. The Hall–Kier alpha value is -0.470. The third-order valence-electron chi connectivity index (χ3n) is 2.25. The van der Waals surface area contributed by atoms with Crippen LogP contribution in [0, 0.1) is 6.92 Å². The molecule has 0 spiro atoms. The molecule has 1 aromatic carbocycles. The van der Waals surface area contributed by atoms with Crippen molar-refractivity contribution in [2.45, 2.75) is 25.9 Å². The highest BCUT2D eigenvalue weighted by Gasteiger charge is 2.04. The van der Waals surface area contributed by atoms with Gasteiger partial charge in [-0.1, -0.05) is 29.8 Å². The van der Waals surface area contributed by atoms with Gasteiger partial charge in [-0.3, -0.25) is 0 Å². The molecule has 0 saturated carbocycles. The van der Waals surface area contributed by atoms with Crippen molar-refractivity contribution in [3.63, 3.8) is 0 Å². The number of hydrogen-bond donors (Lipinski definition) is 1. The maximum atomic E-state index is 9.69. The maximum Gasteiger partial charge on any atom is 0.0588 e. The number of hydrogen-bond acceptors (Lipinski definition) is 2. The second-order valence-electron chi connectivity index (χ2n) is 3.63. The van der Waals surface area contributed by atoms with E-state index in [1.54, 1.807) is 11.8 Å². The number of aliphatic hydroxyl groups is 1. The molecule has 2 heteroatoms. The lowest BCUT2D eigenvalue weighted by molar-refractivity contribution is 0.172. The SMILES string of the molecule is CSCCC(O)Cc1ccc(C)cc1. The topological polar surface area (TPSA) is 20.2 Å². The van der Waals surface area contributed by atoms with Gasteiger partial charge in [0.05, 0.1) is 6.10 Å². The lowest BCUT2D eigenvalue weighted by Crippen LogP contribution is -2.11. The molecule has 0 radical (unpaired) electrons. The minimum absolute atomic E-state index is 0.190. The van der Waals surface area contributed by atoms with Gasteiger partial charge in [0.15, 0.2) is 0 Å². The van der Waals surface area contributed by atoms with E-state index in [1.165, 1.54) is 11.1 Å². The normalized spacial score (nSPS) is 12.8. The molecule has 1 N–H and O–H groups in total. The minimum Gasteiger partial charge on any atom is -0.393 e. The van der Waals surface area contributed by atoms with Gasteiger partial charge in [-0.25, -0.2) is 0 Å². The van der Waals surface area contributed by atoms with Gasteiger partial charge in [0.1, 0.15) is 0 Å². The molecule has 0 heterocycles. The highest BCUT2D eigenvalue weighted by Crippen LogP contribution is 2.09. The Kier molecular flexibility index (Phi) is 5.05. The van der Waals surface area contributed by atoms with Crippen LogP contribution in [0.25, 0.3) is 0 Å². The zero-order valence-electron chi connectivity index (χ0n) is 8.86. The molecular weight excluding hydrogens is 192 g/mol.